The highest BCUT2D eigenvalue weighted by Gasteiger charge is 2.15. The Balaban J connectivity index is 3.60. The van der Waals surface area contributed by atoms with Crippen molar-refractivity contribution in [2.45, 2.75) is 32.3 Å². The molecule has 0 aromatic rings. The Morgan fingerprint density at radius 3 is 1.90 bits per heavy atom. The van der Waals surface area contributed by atoms with Gasteiger partial charge in [0.1, 0.15) is 6.10 Å². The Bertz CT molecular complexity index is 81.8. The van der Waals surface area contributed by atoms with E-state index in [1.54, 1.807) is 0 Å². The second kappa shape index (κ2) is 4.62. The van der Waals surface area contributed by atoms with Crippen LogP contribution < -0.4 is 0 Å². The minimum atomic E-state index is -0.952. The predicted octanol–water partition coefficient (Wildman–Crippen LogP) is -0.917. The molecule has 62 valence electrons. The van der Waals surface area contributed by atoms with Crippen molar-refractivity contribution in [2.24, 2.45) is 0 Å². The zero-order valence-electron chi connectivity index (χ0n) is 6.19. The van der Waals surface area contributed by atoms with E-state index in [2.05, 4.69) is 0 Å². The lowest BCUT2D eigenvalue weighted by Crippen LogP contribution is -2.33. The van der Waals surface area contributed by atoms with Gasteiger partial charge in [-0.2, -0.15) is 0 Å². The first-order valence-corrected chi connectivity index (χ1v) is 3.20. The smallest absolute Gasteiger partial charge is 0.152 e. The molecule has 4 nitrogen and oxygen atoms in total. The average molecular weight is 150 g/mol. The van der Waals surface area contributed by atoms with E-state index in [-0.39, 0.29) is 6.61 Å². The van der Waals surface area contributed by atoms with Crippen LogP contribution in [0.3, 0.4) is 0 Å². The van der Waals surface area contributed by atoms with Crippen molar-refractivity contribution in [3.63, 3.8) is 0 Å². The molecule has 0 aliphatic carbocycles. The fraction of sp³-hybridized carbons (Fsp3) is 1.00. The molecule has 4 heteroatoms. The molecule has 0 saturated heterocycles. The van der Waals surface area contributed by atoms with Gasteiger partial charge in [-0.05, 0) is 13.8 Å². The molecular weight excluding hydrogens is 136 g/mol. The van der Waals surface area contributed by atoms with Crippen molar-refractivity contribution in [3.05, 3.63) is 0 Å². The van der Waals surface area contributed by atoms with E-state index in [4.69, 9.17) is 20.1 Å². The summed E-state index contributed by atoms with van der Waals surface area (Å²) in [5.41, 5.74) is 0. The standard InChI is InChI=1S/C6H14O4/c1-4(8)6(3-7)10-5(2)9/h4-9H,3H2,1-2H3/t4-,5-,6-/m1/s1. The fourth-order valence-corrected chi connectivity index (χ4v) is 0.562. The SMILES string of the molecule is C[C@H](O)O[C@H](CO)[C@@H](C)O. The van der Waals surface area contributed by atoms with E-state index in [0.29, 0.717) is 0 Å². The van der Waals surface area contributed by atoms with Gasteiger partial charge >= 0.3 is 0 Å². The number of hydrogen-bond acceptors (Lipinski definition) is 4. The molecule has 0 bridgehead atoms. The van der Waals surface area contributed by atoms with Crippen LogP contribution in [0.25, 0.3) is 0 Å². The number of rotatable bonds is 4. The third kappa shape index (κ3) is 3.79. The summed E-state index contributed by atoms with van der Waals surface area (Å²) >= 11 is 0. The van der Waals surface area contributed by atoms with Crippen molar-refractivity contribution in [1.82, 2.24) is 0 Å². The molecule has 0 rings (SSSR count). The molecule has 0 aliphatic heterocycles. The van der Waals surface area contributed by atoms with Crippen LogP contribution in [-0.4, -0.2) is 40.4 Å². The van der Waals surface area contributed by atoms with Crippen molar-refractivity contribution in [2.75, 3.05) is 6.61 Å². The number of aliphatic hydroxyl groups is 3. The van der Waals surface area contributed by atoms with Gasteiger partial charge in [-0.15, -0.1) is 0 Å². The van der Waals surface area contributed by atoms with Crippen molar-refractivity contribution >= 4 is 0 Å². The first kappa shape index (κ1) is 9.84. The topological polar surface area (TPSA) is 69.9 Å². The second-order valence-electron chi connectivity index (χ2n) is 2.20. The Morgan fingerprint density at radius 2 is 1.80 bits per heavy atom. The third-order valence-electron chi connectivity index (χ3n) is 1.09. The number of hydrogen-bond donors (Lipinski definition) is 3. The van der Waals surface area contributed by atoms with Crippen molar-refractivity contribution in [1.29, 1.82) is 0 Å². The monoisotopic (exact) mass is 150 g/mol. The number of aliphatic hydroxyl groups excluding tert-OH is 3. The van der Waals surface area contributed by atoms with Crippen LogP contribution >= 0.6 is 0 Å². The van der Waals surface area contributed by atoms with Crippen LogP contribution in [0, 0.1) is 0 Å². The quantitative estimate of drug-likeness (QED) is 0.453. The van der Waals surface area contributed by atoms with E-state index in [1.807, 2.05) is 0 Å². The molecule has 0 fully saturated rings. The van der Waals surface area contributed by atoms with Gasteiger partial charge in [0, 0.05) is 0 Å². The molecule has 0 amide bonds. The summed E-state index contributed by atoms with van der Waals surface area (Å²) in [7, 11) is 0. The normalized spacial score (nSPS) is 20.1. The maximum atomic E-state index is 8.86. The lowest BCUT2D eigenvalue weighted by Gasteiger charge is -2.19. The van der Waals surface area contributed by atoms with E-state index in [1.165, 1.54) is 13.8 Å². The predicted molar refractivity (Wildman–Crippen MR) is 35.3 cm³/mol. The number of ether oxygens (including phenoxy) is 1. The molecule has 0 aromatic carbocycles. The summed E-state index contributed by atoms with van der Waals surface area (Å²) in [5, 5.41) is 26.1. The molecule has 0 unspecified atom stereocenters. The second-order valence-corrected chi connectivity index (χ2v) is 2.20. The fourth-order valence-electron chi connectivity index (χ4n) is 0.562. The summed E-state index contributed by atoms with van der Waals surface area (Å²) in [4.78, 5) is 0. The molecule has 0 spiro atoms. The zero-order valence-corrected chi connectivity index (χ0v) is 6.19. The minimum Gasteiger partial charge on any atom is -0.394 e. The molecule has 0 heterocycles. The Hall–Kier alpha value is -0.160. The maximum absolute atomic E-state index is 8.86. The van der Waals surface area contributed by atoms with E-state index < -0.39 is 18.5 Å². The highest BCUT2D eigenvalue weighted by Crippen LogP contribution is 2.00. The lowest BCUT2D eigenvalue weighted by atomic mass is 10.2. The molecule has 0 saturated carbocycles. The first-order chi connectivity index (χ1) is 4.57. The highest BCUT2D eigenvalue weighted by molar-refractivity contribution is 4.61. The van der Waals surface area contributed by atoms with Crippen LogP contribution in [0.5, 0.6) is 0 Å². The van der Waals surface area contributed by atoms with E-state index in [0.717, 1.165) is 0 Å². The van der Waals surface area contributed by atoms with Crippen LogP contribution in [0.15, 0.2) is 0 Å². The maximum Gasteiger partial charge on any atom is 0.152 e. The van der Waals surface area contributed by atoms with Crippen LogP contribution in [0.2, 0.25) is 0 Å². The van der Waals surface area contributed by atoms with Crippen molar-refractivity contribution in [3.8, 4) is 0 Å². The van der Waals surface area contributed by atoms with Crippen molar-refractivity contribution < 1.29 is 20.1 Å². The van der Waals surface area contributed by atoms with Gasteiger partial charge in [0.15, 0.2) is 6.29 Å². The van der Waals surface area contributed by atoms with Crippen LogP contribution in [-0.2, 0) is 4.74 Å². The van der Waals surface area contributed by atoms with E-state index >= 15 is 0 Å². The van der Waals surface area contributed by atoms with E-state index in [9.17, 15) is 0 Å². The Labute approximate surface area is 60.1 Å². The Morgan fingerprint density at radius 1 is 1.30 bits per heavy atom. The van der Waals surface area contributed by atoms with Crippen LogP contribution in [0.4, 0.5) is 0 Å². The van der Waals surface area contributed by atoms with Gasteiger partial charge in [-0.25, -0.2) is 0 Å². The first-order valence-electron chi connectivity index (χ1n) is 3.20. The summed E-state index contributed by atoms with van der Waals surface area (Å²) in [6, 6.07) is 0. The minimum absolute atomic E-state index is 0.289. The summed E-state index contributed by atoms with van der Waals surface area (Å²) < 4.78 is 4.72. The van der Waals surface area contributed by atoms with Gasteiger partial charge < -0.3 is 20.1 Å². The molecule has 3 N–H and O–H groups in total. The van der Waals surface area contributed by atoms with Crippen LogP contribution in [0.1, 0.15) is 13.8 Å². The largest absolute Gasteiger partial charge is 0.394 e. The molecule has 3 atom stereocenters. The molecule has 0 aromatic heterocycles. The molecule has 10 heavy (non-hydrogen) atoms. The molecule has 0 aliphatic rings. The van der Waals surface area contributed by atoms with Gasteiger partial charge in [0.2, 0.25) is 0 Å². The zero-order chi connectivity index (χ0) is 8.15. The summed E-state index contributed by atoms with van der Waals surface area (Å²) in [6.45, 7) is 2.62. The summed E-state index contributed by atoms with van der Waals surface area (Å²) in [5.74, 6) is 0. The third-order valence-corrected chi connectivity index (χ3v) is 1.09. The molecular formula is C6H14O4. The molecule has 0 radical (unpaired) electrons. The van der Waals surface area contributed by atoms with Gasteiger partial charge in [-0.3, -0.25) is 0 Å². The van der Waals surface area contributed by atoms with Gasteiger partial charge in [-0.1, -0.05) is 0 Å². The lowest BCUT2D eigenvalue weighted by molar-refractivity contribution is -0.163. The Kier molecular flexibility index (Phi) is 4.55. The van der Waals surface area contributed by atoms with Gasteiger partial charge in [0.05, 0.1) is 12.7 Å². The average Bonchev–Trinajstić information content (AvgIpc) is 1.81. The summed E-state index contributed by atoms with van der Waals surface area (Å²) in [6.07, 6.45) is -2.41. The highest BCUT2D eigenvalue weighted by atomic mass is 16.6. The van der Waals surface area contributed by atoms with Gasteiger partial charge in [0.25, 0.3) is 0 Å².